The fourth-order valence-corrected chi connectivity index (χ4v) is 1.92. The summed E-state index contributed by atoms with van der Waals surface area (Å²) >= 11 is 0. The molecule has 2 rings (SSSR count). The van der Waals surface area contributed by atoms with Crippen LogP contribution in [0.25, 0.3) is 0 Å². The van der Waals surface area contributed by atoms with Crippen molar-refractivity contribution in [3.8, 4) is 5.75 Å². The number of carbonyl (C=O) groups is 2. The first-order chi connectivity index (χ1) is 11.0. The Morgan fingerprint density at radius 3 is 2.52 bits per heavy atom. The molecular formula is C17H17FN2O3. The van der Waals surface area contributed by atoms with Crippen LogP contribution in [-0.4, -0.2) is 18.4 Å². The fourth-order valence-electron chi connectivity index (χ4n) is 1.92. The molecule has 3 N–H and O–H groups in total. The number of amides is 2. The SMILES string of the molecule is NC(=O)c1ccc(NC(=O)CCCOc2cccc(F)c2)cc1. The summed E-state index contributed by atoms with van der Waals surface area (Å²) in [5.41, 5.74) is 6.11. The largest absolute Gasteiger partial charge is 0.493 e. The van der Waals surface area contributed by atoms with Gasteiger partial charge in [-0.15, -0.1) is 0 Å². The van der Waals surface area contributed by atoms with E-state index in [1.165, 1.54) is 12.1 Å². The summed E-state index contributed by atoms with van der Waals surface area (Å²) in [5.74, 6) is -0.607. The molecule has 0 unspecified atom stereocenters. The molecule has 0 heterocycles. The average Bonchev–Trinajstić information content (AvgIpc) is 2.52. The number of halogens is 1. The van der Waals surface area contributed by atoms with Crippen LogP contribution >= 0.6 is 0 Å². The quantitative estimate of drug-likeness (QED) is 0.771. The van der Waals surface area contributed by atoms with Crippen LogP contribution in [0.5, 0.6) is 5.75 Å². The highest BCUT2D eigenvalue weighted by Gasteiger charge is 2.04. The Hall–Kier alpha value is -2.89. The molecule has 0 spiro atoms. The van der Waals surface area contributed by atoms with E-state index in [4.69, 9.17) is 10.5 Å². The third kappa shape index (κ3) is 5.43. The number of hydrogen-bond donors (Lipinski definition) is 2. The lowest BCUT2D eigenvalue weighted by atomic mass is 10.2. The fraction of sp³-hybridized carbons (Fsp3) is 0.176. The molecule has 6 heteroatoms. The molecule has 0 aromatic heterocycles. The second-order valence-corrected chi connectivity index (χ2v) is 4.90. The number of rotatable bonds is 7. The van der Waals surface area contributed by atoms with Crippen LogP contribution in [0, 0.1) is 5.82 Å². The van der Waals surface area contributed by atoms with Crippen molar-refractivity contribution in [1.29, 1.82) is 0 Å². The second kappa shape index (κ2) is 7.93. The molecule has 5 nitrogen and oxygen atoms in total. The highest BCUT2D eigenvalue weighted by Crippen LogP contribution is 2.13. The number of primary amides is 1. The van der Waals surface area contributed by atoms with Crippen molar-refractivity contribution in [3.05, 3.63) is 59.9 Å². The Morgan fingerprint density at radius 2 is 1.87 bits per heavy atom. The zero-order chi connectivity index (χ0) is 16.7. The maximum absolute atomic E-state index is 13.0. The van der Waals surface area contributed by atoms with Crippen molar-refractivity contribution in [2.75, 3.05) is 11.9 Å². The number of nitrogens with one attached hydrogen (secondary N) is 1. The lowest BCUT2D eigenvalue weighted by Gasteiger charge is -2.07. The van der Waals surface area contributed by atoms with Crippen molar-refractivity contribution in [2.45, 2.75) is 12.8 Å². The predicted octanol–water partition coefficient (Wildman–Crippen LogP) is 2.72. The van der Waals surface area contributed by atoms with E-state index in [-0.39, 0.29) is 18.1 Å². The van der Waals surface area contributed by atoms with Crippen LogP contribution < -0.4 is 15.8 Å². The molecule has 0 saturated carbocycles. The van der Waals surface area contributed by atoms with Gasteiger partial charge >= 0.3 is 0 Å². The number of nitrogens with two attached hydrogens (primary N) is 1. The smallest absolute Gasteiger partial charge is 0.248 e. The summed E-state index contributed by atoms with van der Waals surface area (Å²) in [7, 11) is 0. The Kier molecular flexibility index (Phi) is 5.68. The molecule has 0 saturated heterocycles. The molecule has 0 aliphatic rings. The van der Waals surface area contributed by atoms with Crippen LogP contribution in [0.3, 0.4) is 0 Å². The Balaban J connectivity index is 1.71. The molecule has 2 aromatic carbocycles. The summed E-state index contributed by atoms with van der Waals surface area (Å²) in [6.45, 7) is 0.317. The van der Waals surface area contributed by atoms with Gasteiger partial charge in [0.15, 0.2) is 0 Å². The van der Waals surface area contributed by atoms with E-state index < -0.39 is 5.91 Å². The Bertz CT molecular complexity index is 686. The van der Waals surface area contributed by atoms with Crippen molar-refractivity contribution in [3.63, 3.8) is 0 Å². The molecule has 0 aliphatic heterocycles. The molecule has 0 aliphatic carbocycles. The van der Waals surface area contributed by atoms with Crippen LogP contribution in [0.15, 0.2) is 48.5 Å². The molecule has 23 heavy (non-hydrogen) atoms. The minimum Gasteiger partial charge on any atom is -0.493 e. The van der Waals surface area contributed by atoms with E-state index in [9.17, 15) is 14.0 Å². The number of hydrogen-bond acceptors (Lipinski definition) is 3. The van der Waals surface area contributed by atoms with Crippen LogP contribution in [-0.2, 0) is 4.79 Å². The number of ether oxygens (including phenoxy) is 1. The predicted molar refractivity (Wildman–Crippen MR) is 84.7 cm³/mol. The normalized spacial score (nSPS) is 10.1. The van der Waals surface area contributed by atoms with E-state index in [0.29, 0.717) is 30.0 Å². The summed E-state index contributed by atoms with van der Waals surface area (Å²) in [5, 5.41) is 2.71. The van der Waals surface area contributed by atoms with Crippen LogP contribution in [0.4, 0.5) is 10.1 Å². The summed E-state index contributed by atoms with van der Waals surface area (Å²) in [6, 6.07) is 12.2. The monoisotopic (exact) mass is 316 g/mol. The summed E-state index contributed by atoms with van der Waals surface area (Å²) in [4.78, 5) is 22.7. The minimum absolute atomic E-state index is 0.167. The Morgan fingerprint density at radius 1 is 1.13 bits per heavy atom. The molecule has 2 aromatic rings. The molecule has 0 radical (unpaired) electrons. The molecule has 0 fully saturated rings. The van der Waals surface area contributed by atoms with Gasteiger partial charge in [0.25, 0.3) is 0 Å². The van der Waals surface area contributed by atoms with Gasteiger partial charge in [-0.05, 0) is 42.8 Å². The first-order valence-electron chi connectivity index (χ1n) is 7.12. The van der Waals surface area contributed by atoms with Gasteiger partial charge in [0.2, 0.25) is 11.8 Å². The topological polar surface area (TPSA) is 81.4 Å². The van der Waals surface area contributed by atoms with Crippen LogP contribution in [0.2, 0.25) is 0 Å². The Labute approximate surface area is 133 Å². The third-order valence-corrected chi connectivity index (χ3v) is 3.07. The lowest BCUT2D eigenvalue weighted by Crippen LogP contribution is -2.14. The van der Waals surface area contributed by atoms with Crippen molar-refractivity contribution < 1.29 is 18.7 Å². The zero-order valence-electron chi connectivity index (χ0n) is 12.4. The van der Waals surface area contributed by atoms with Gasteiger partial charge in [-0.25, -0.2) is 4.39 Å². The molecule has 0 atom stereocenters. The van der Waals surface area contributed by atoms with Crippen molar-refractivity contribution in [2.24, 2.45) is 5.73 Å². The minimum atomic E-state index is -0.516. The average molecular weight is 316 g/mol. The molecule has 2 amide bonds. The molecule has 120 valence electrons. The first-order valence-corrected chi connectivity index (χ1v) is 7.12. The third-order valence-electron chi connectivity index (χ3n) is 3.07. The van der Waals surface area contributed by atoms with Gasteiger partial charge in [0, 0.05) is 23.7 Å². The number of benzene rings is 2. The van der Waals surface area contributed by atoms with E-state index in [1.807, 2.05) is 0 Å². The zero-order valence-corrected chi connectivity index (χ0v) is 12.4. The van der Waals surface area contributed by atoms with E-state index in [0.717, 1.165) is 0 Å². The van der Waals surface area contributed by atoms with E-state index >= 15 is 0 Å². The van der Waals surface area contributed by atoms with Crippen molar-refractivity contribution >= 4 is 17.5 Å². The standard InChI is InChI=1S/C17H17FN2O3/c18-13-3-1-4-15(11-13)23-10-2-5-16(21)20-14-8-6-12(7-9-14)17(19)22/h1,3-4,6-9,11H,2,5,10H2,(H2,19,22)(H,20,21). The summed E-state index contributed by atoms with van der Waals surface area (Å²) in [6.07, 6.45) is 0.772. The highest BCUT2D eigenvalue weighted by molar-refractivity contribution is 5.94. The summed E-state index contributed by atoms with van der Waals surface area (Å²) < 4.78 is 18.3. The first kappa shape index (κ1) is 16.5. The van der Waals surface area contributed by atoms with Crippen LogP contribution in [0.1, 0.15) is 23.2 Å². The highest BCUT2D eigenvalue weighted by atomic mass is 19.1. The van der Waals surface area contributed by atoms with Crippen molar-refractivity contribution in [1.82, 2.24) is 0 Å². The second-order valence-electron chi connectivity index (χ2n) is 4.90. The van der Waals surface area contributed by atoms with Gasteiger partial charge in [-0.1, -0.05) is 6.07 Å². The lowest BCUT2D eigenvalue weighted by molar-refractivity contribution is -0.116. The van der Waals surface area contributed by atoms with Gasteiger partial charge < -0.3 is 15.8 Å². The van der Waals surface area contributed by atoms with E-state index in [2.05, 4.69) is 5.32 Å². The molecule has 0 bridgehead atoms. The number of carbonyl (C=O) groups excluding carboxylic acids is 2. The van der Waals surface area contributed by atoms with Gasteiger partial charge in [0.1, 0.15) is 11.6 Å². The van der Waals surface area contributed by atoms with Gasteiger partial charge in [-0.2, -0.15) is 0 Å². The van der Waals surface area contributed by atoms with Gasteiger partial charge in [-0.3, -0.25) is 9.59 Å². The molecular weight excluding hydrogens is 299 g/mol. The van der Waals surface area contributed by atoms with Gasteiger partial charge in [0.05, 0.1) is 6.61 Å². The number of anilines is 1. The maximum Gasteiger partial charge on any atom is 0.248 e. The van der Waals surface area contributed by atoms with E-state index in [1.54, 1.807) is 36.4 Å². The maximum atomic E-state index is 13.0.